The standard InChI is InChI=1S/C19H18ClF2NO4/c1-26-19(25)13(8-12-2-4-14(21)5-3-12)10-23-18(24)11-27-17-7-6-15(22)9-16(17)20/h2-7,9,13H,8,10-11H2,1H3,(H,23,24)/t13-/m1/s1. The van der Waals surface area contributed by atoms with Crippen LogP contribution in [0, 0.1) is 17.6 Å². The average molecular weight is 398 g/mol. The number of hydrogen-bond donors (Lipinski definition) is 1. The van der Waals surface area contributed by atoms with E-state index in [-0.39, 0.29) is 36.2 Å². The second kappa shape index (κ2) is 9.87. The second-order valence-electron chi connectivity index (χ2n) is 5.72. The first kappa shape index (κ1) is 20.6. The van der Waals surface area contributed by atoms with Gasteiger partial charge >= 0.3 is 5.97 Å². The smallest absolute Gasteiger partial charge is 0.310 e. The van der Waals surface area contributed by atoms with E-state index in [4.69, 9.17) is 21.1 Å². The van der Waals surface area contributed by atoms with Gasteiger partial charge in [0.25, 0.3) is 5.91 Å². The molecule has 0 aliphatic heterocycles. The lowest BCUT2D eigenvalue weighted by Gasteiger charge is -2.16. The van der Waals surface area contributed by atoms with Crippen molar-refractivity contribution >= 4 is 23.5 Å². The van der Waals surface area contributed by atoms with E-state index in [2.05, 4.69) is 5.32 Å². The summed E-state index contributed by atoms with van der Waals surface area (Å²) in [5.41, 5.74) is 0.732. The highest BCUT2D eigenvalue weighted by Gasteiger charge is 2.21. The molecule has 0 heterocycles. The Hall–Kier alpha value is -2.67. The zero-order chi connectivity index (χ0) is 19.8. The molecule has 0 saturated carbocycles. The first-order valence-electron chi connectivity index (χ1n) is 8.06. The third-order valence-corrected chi connectivity index (χ3v) is 4.02. The number of esters is 1. The minimum atomic E-state index is -0.640. The molecule has 0 aliphatic carbocycles. The zero-order valence-corrected chi connectivity index (χ0v) is 15.3. The molecule has 1 atom stereocenters. The number of ether oxygens (including phenoxy) is 2. The van der Waals surface area contributed by atoms with Crippen molar-refractivity contribution < 1.29 is 27.8 Å². The predicted octanol–water partition coefficient (Wildman–Crippen LogP) is 3.15. The third-order valence-electron chi connectivity index (χ3n) is 3.73. The Bertz CT molecular complexity index is 799. The van der Waals surface area contributed by atoms with E-state index < -0.39 is 23.6 Å². The fraction of sp³-hybridized carbons (Fsp3) is 0.263. The van der Waals surface area contributed by atoms with E-state index in [0.29, 0.717) is 0 Å². The summed E-state index contributed by atoms with van der Waals surface area (Å²) in [7, 11) is 1.25. The van der Waals surface area contributed by atoms with Gasteiger partial charge in [0, 0.05) is 6.54 Å². The molecule has 5 nitrogen and oxygen atoms in total. The lowest BCUT2D eigenvalue weighted by molar-refractivity contribution is -0.145. The van der Waals surface area contributed by atoms with Crippen LogP contribution < -0.4 is 10.1 Å². The van der Waals surface area contributed by atoms with Crippen LogP contribution in [0.3, 0.4) is 0 Å². The van der Waals surface area contributed by atoms with Crippen molar-refractivity contribution in [2.45, 2.75) is 6.42 Å². The van der Waals surface area contributed by atoms with Crippen LogP contribution in [-0.4, -0.2) is 32.1 Å². The molecule has 0 aliphatic rings. The molecule has 2 aromatic rings. The molecule has 144 valence electrons. The molecule has 0 bridgehead atoms. The summed E-state index contributed by atoms with van der Waals surface area (Å²) >= 11 is 5.82. The minimum Gasteiger partial charge on any atom is -0.482 e. The molecule has 1 N–H and O–H groups in total. The molecule has 2 rings (SSSR count). The van der Waals surface area contributed by atoms with E-state index >= 15 is 0 Å². The van der Waals surface area contributed by atoms with E-state index in [1.54, 1.807) is 12.1 Å². The Balaban J connectivity index is 1.88. The molecule has 0 saturated heterocycles. The molecular weight excluding hydrogens is 380 g/mol. The number of benzene rings is 2. The Morgan fingerprint density at radius 1 is 1.11 bits per heavy atom. The highest BCUT2D eigenvalue weighted by Crippen LogP contribution is 2.24. The van der Waals surface area contributed by atoms with E-state index in [1.165, 1.54) is 25.3 Å². The lowest BCUT2D eigenvalue weighted by atomic mass is 9.99. The number of carbonyl (C=O) groups excluding carboxylic acids is 2. The second-order valence-corrected chi connectivity index (χ2v) is 6.13. The van der Waals surface area contributed by atoms with E-state index in [1.807, 2.05) is 0 Å². The number of nitrogens with one attached hydrogen (secondary N) is 1. The number of carbonyl (C=O) groups is 2. The van der Waals surface area contributed by atoms with E-state index in [9.17, 15) is 18.4 Å². The molecule has 8 heteroatoms. The van der Waals surface area contributed by atoms with Crippen molar-refractivity contribution in [3.8, 4) is 5.75 Å². The van der Waals surface area contributed by atoms with Crippen LogP contribution in [0.2, 0.25) is 5.02 Å². The van der Waals surface area contributed by atoms with Gasteiger partial charge in [0.1, 0.15) is 17.4 Å². The van der Waals surface area contributed by atoms with Gasteiger partial charge in [-0.25, -0.2) is 8.78 Å². The van der Waals surface area contributed by atoms with Gasteiger partial charge in [0.15, 0.2) is 6.61 Å². The molecule has 0 fully saturated rings. The van der Waals surface area contributed by atoms with Gasteiger partial charge in [-0.3, -0.25) is 9.59 Å². The topological polar surface area (TPSA) is 64.6 Å². The van der Waals surface area contributed by atoms with Crippen LogP contribution in [0.1, 0.15) is 5.56 Å². The number of rotatable bonds is 8. The molecule has 0 radical (unpaired) electrons. The van der Waals surface area contributed by atoms with Crippen LogP contribution >= 0.6 is 11.6 Å². The van der Waals surface area contributed by atoms with Crippen LogP contribution in [0.5, 0.6) is 5.75 Å². The van der Waals surface area contributed by atoms with Crippen molar-refractivity contribution in [3.63, 3.8) is 0 Å². The normalized spacial score (nSPS) is 11.6. The van der Waals surface area contributed by atoms with Crippen LogP contribution in [0.25, 0.3) is 0 Å². The summed E-state index contributed by atoms with van der Waals surface area (Å²) in [6, 6.07) is 9.27. The van der Waals surface area contributed by atoms with Gasteiger partial charge in [0.2, 0.25) is 0 Å². The van der Waals surface area contributed by atoms with Crippen molar-refractivity contribution in [2.24, 2.45) is 5.92 Å². The fourth-order valence-electron chi connectivity index (χ4n) is 2.33. The van der Waals surface area contributed by atoms with Gasteiger partial charge in [0.05, 0.1) is 18.1 Å². The fourth-order valence-corrected chi connectivity index (χ4v) is 2.56. The summed E-state index contributed by atoms with van der Waals surface area (Å²) in [6.07, 6.45) is 0.276. The van der Waals surface area contributed by atoms with Gasteiger partial charge in [-0.2, -0.15) is 0 Å². The van der Waals surface area contributed by atoms with Gasteiger partial charge in [-0.15, -0.1) is 0 Å². The molecule has 0 aromatic heterocycles. The van der Waals surface area contributed by atoms with Crippen molar-refractivity contribution in [3.05, 3.63) is 64.7 Å². The van der Waals surface area contributed by atoms with E-state index in [0.717, 1.165) is 17.7 Å². The highest BCUT2D eigenvalue weighted by atomic mass is 35.5. The Kier molecular flexibility index (Phi) is 7.55. The average Bonchev–Trinajstić information content (AvgIpc) is 2.65. The molecule has 0 unspecified atom stereocenters. The molecule has 1 amide bonds. The predicted molar refractivity (Wildman–Crippen MR) is 95.5 cm³/mol. The lowest BCUT2D eigenvalue weighted by Crippen LogP contribution is -2.37. The summed E-state index contributed by atoms with van der Waals surface area (Å²) in [6.45, 7) is -0.334. The summed E-state index contributed by atoms with van der Waals surface area (Å²) in [5, 5.41) is 2.62. The van der Waals surface area contributed by atoms with Gasteiger partial charge in [-0.1, -0.05) is 23.7 Å². The van der Waals surface area contributed by atoms with Gasteiger partial charge < -0.3 is 14.8 Å². The number of hydrogen-bond acceptors (Lipinski definition) is 4. The number of halogens is 3. The minimum absolute atomic E-state index is 0.0173. The summed E-state index contributed by atoms with van der Waals surface area (Å²) < 4.78 is 36.0. The van der Waals surface area contributed by atoms with Crippen molar-refractivity contribution in [1.29, 1.82) is 0 Å². The first-order valence-corrected chi connectivity index (χ1v) is 8.43. The first-order chi connectivity index (χ1) is 12.9. The molecule has 2 aromatic carbocycles. The highest BCUT2D eigenvalue weighted by molar-refractivity contribution is 6.32. The maximum Gasteiger partial charge on any atom is 0.310 e. The monoisotopic (exact) mass is 397 g/mol. The zero-order valence-electron chi connectivity index (χ0n) is 14.5. The maximum atomic E-state index is 13.0. The summed E-state index contributed by atoms with van der Waals surface area (Å²) in [4.78, 5) is 23.9. The SMILES string of the molecule is COC(=O)[C@@H](CNC(=O)COc1ccc(F)cc1Cl)Cc1ccc(F)cc1. The quantitative estimate of drug-likeness (QED) is 0.695. The maximum absolute atomic E-state index is 13.0. The Labute approximate surface area is 160 Å². The Morgan fingerprint density at radius 2 is 1.78 bits per heavy atom. The van der Waals surface area contributed by atoms with Crippen LogP contribution in [0.15, 0.2) is 42.5 Å². The molecule has 27 heavy (non-hydrogen) atoms. The van der Waals surface area contributed by atoms with Crippen LogP contribution in [-0.2, 0) is 20.7 Å². The van der Waals surface area contributed by atoms with Crippen LogP contribution in [0.4, 0.5) is 8.78 Å². The molecule has 0 spiro atoms. The largest absolute Gasteiger partial charge is 0.482 e. The summed E-state index contributed by atoms with van der Waals surface area (Å²) in [5.74, 6) is -2.34. The molecular formula is C19H18ClF2NO4. The third kappa shape index (κ3) is 6.53. The Morgan fingerprint density at radius 3 is 2.41 bits per heavy atom. The van der Waals surface area contributed by atoms with Gasteiger partial charge in [-0.05, 0) is 42.3 Å². The van der Waals surface area contributed by atoms with Crippen molar-refractivity contribution in [2.75, 3.05) is 20.3 Å². The number of methoxy groups -OCH3 is 1. The number of amides is 1. The van der Waals surface area contributed by atoms with Crippen molar-refractivity contribution in [1.82, 2.24) is 5.32 Å².